The molecule has 6 nitrogen and oxygen atoms in total. The van der Waals surface area contributed by atoms with Crippen molar-refractivity contribution in [1.29, 1.82) is 0 Å². The van der Waals surface area contributed by atoms with Gasteiger partial charge in [0.2, 0.25) is 5.96 Å². The van der Waals surface area contributed by atoms with Crippen LogP contribution in [0.1, 0.15) is 54.0 Å². The number of carbonyl (C=O) groups is 1. The first kappa shape index (κ1) is 16.3. The summed E-state index contributed by atoms with van der Waals surface area (Å²) in [6.07, 6.45) is 6.05. The first-order chi connectivity index (χ1) is 13.6. The predicted octanol–water partition coefficient (Wildman–Crippen LogP) is 3.20. The largest absolute Gasteiger partial charge is 0.318 e. The van der Waals surface area contributed by atoms with Gasteiger partial charge in [0.15, 0.2) is 11.5 Å². The molecule has 0 saturated heterocycles. The summed E-state index contributed by atoms with van der Waals surface area (Å²) < 4.78 is 2.08. The first-order valence-corrected chi connectivity index (χ1v) is 10.4. The highest BCUT2D eigenvalue weighted by Crippen LogP contribution is 2.56. The Hall–Kier alpha value is -2.63. The van der Waals surface area contributed by atoms with E-state index >= 15 is 0 Å². The van der Waals surface area contributed by atoms with Gasteiger partial charge in [-0.1, -0.05) is 36.8 Å². The van der Waals surface area contributed by atoms with Crippen LogP contribution in [0, 0.1) is 12.8 Å². The van der Waals surface area contributed by atoms with Crippen LogP contribution in [0.3, 0.4) is 0 Å². The fourth-order valence-corrected chi connectivity index (χ4v) is 6.10. The Morgan fingerprint density at radius 3 is 2.82 bits per heavy atom. The highest BCUT2D eigenvalue weighted by atomic mass is 16.2. The first-order valence-electron chi connectivity index (χ1n) is 10.4. The molecular formula is C22H25N5O. The van der Waals surface area contributed by atoms with Crippen LogP contribution in [-0.2, 0) is 6.54 Å². The van der Waals surface area contributed by atoms with Crippen LogP contribution < -0.4 is 4.90 Å². The lowest BCUT2D eigenvalue weighted by Crippen LogP contribution is -2.53. The molecule has 0 N–H and O–H groups in total. The van der Waals surface area contributed by atoms with E-state index in [4.69, 9.17) is 9.98 Å². The molecule has 2 aromatic rings. The summed E-state index contributed by atoms with van der Waals surface area (Å²) in [5.74, 6) is 3.20. The molecule has 2 saturated carbocycles. The summed E-state index contributed by atoms with van der Waals surface area (Å²) in [6, 6.07) is 10.6. The third kappa shape index (κ3) is 1.90. The average molecular weight is 375 g/mol. The molecule has 1 aromatic heterocycles. The number of rotatable bonds is 2. The summed E-state index contributed by atoms with van der Waals surface area (Å²) >= 11 is 0. The molecule has 3 heterocycles. The zero-order valence-electron chi connectivity index (χ0n) is 16.4. The maximum atomic E-state index is 13.4. The minimum atomic E-state index is 0.00258. The summed E-state index contributed by atoms with van der Waals surface area (Å²) in [6.45, 7) is 2.66. The molecule has 1 amide bonds. The third-order valence-electron chi connectivity index (χ3n) is 7.40. The van der Waals surface area contributed by atoms with E-state index in [9.17, 15) is 4.79 Å². The molecular weight excluding hydrogens is 350 g/mol. The van der Waals surface area contributed by atoms with Gasteiger partial charge < -0.3 is 4.57 Å². The minimum absolute atomic E-state index is 0.00258. The highest BCUT2D eigenvalue weighted by Gasteiger charge is 2.62. The Morgan fingerprint density at radius 1 is 1.18 bits per heavy atom. The number of hydrogen-bond donors (Lipinski definition) is 0. The maximum Gasteiger partial charge on any atom is 0.280 e. The molecule has 6 rings (SSSR count). The fourth-order valence-electron chi connectivity index (χ4n) is 6.10. The number of carbonyl (C=O) groups excluding carboxylic acids is 1. The number of benzene rings is 1. The number of aryl methyl sites for hydroxylation is 1. The van der Waals surface area contributed by atoms with Crippen LogP contribution in [0.4, 0.5) is 5.82 Å². The highest BCUT2D eigenvalue weighted by molar-refractivity contribution is 6.18. The van der Waals surface area contributed by atoms with Crippen molar-refractivity contribution >= 4 is 17.7 Å². The minimum Gasteiger partial charge on any atom is -0.318 e. The third-order valence-corrected chi connectivity index (χ3v) is 7.40. The quantitative estimate of drug-likeness (QED) is 0.810. The van der Waals surface area contributed by atoms with Crippen molar-refractivity contribution in [2.24, 2.45) is 10.9 Å². The van der Waals surface area contributed by atoms with E-state index in [1.165, 1.54) is 24.8 Å². The van der Waals surface area contributed by atoms with Crippen molar-refractivity contribution in [1.82, 2.24) is 14.5 Å². The van der Waals surface area contributed by atoms with E-state index in [-0.39, 0.29) is 11.4 Å². The van der Waals surface area contributed by atoms with Crippen LogP contribution in [0.2, 0.25) is 0 Å². The van der Waals surface area contributed by atoms with Crippen molar-refractivity contribution in [2.75, 3.05) is 11.9 Å². The van der Waals surface area contributed by atoms with Gasteiger partial charge in [-0.05, 0) is 44.1 Å². The van der Waals surface area contributed by atoms with E-state index < -0.39 is 0 Å². The summed E-state index contributed by atoms with van der Waals surface area (Å²) in [5.41, 5.74) is 1.89. The van der Waals surface area contributed by atoms with Crippen molar-refractivity contribution in [3.05, 3.63) is 47.4 Å². The summed E-state index contributed by atoms with van der Waals surface area (Å²) in [4.78, 5) is 27.5. The molecule has 4 aliphatic rings. The molecule has 2 aliphatic carbocycles. The van der Waals surface area contributed by atoms with Gasteiger partial charge in [0.1, 0.15) is 5.82 Å². The number of fused-ring (bicyclic) bond motifs is 4. The Labute approximate surface area is 164 Å². The van der Waals surface area contributed by atoms with Crippen molar-refractivity contribution in [2.45, 2.75) is 57.2 Å². The number of nitrogens with zero attached hydrogens (tertiary/aromatic N) is 5. The van der Waals surface area contributed by atoms with E-state index in [1.807, 2.05) is 32.2 Å². The lowest BCUT2D eigenvalue weighted by molar-refractivity contribution is 0.0854. The van der Waals surface area contributed by atoms with Gasteiger partial charge in [-0.25, -0.2) is 9.98 Å². The number of amides is 1. The van der Waals surface area contributed by atoms with Gasteiger partial charge in [-0.2, -0.15) is 0 Å². The van der Waals surface area contributed by atoms with Crippen molar-refractivity contribution in [3.8, 4) is 0 Å². The molecule has 3 unspecified atom stereocenters. The van der Waals surface area contributed by atoms with Crippen LogP contribution in [0.15, 0.2) is 35.3 Å². The molecule has 144 valence electrons. The Bertz CT molecular complexity index is 1010. The second kappa shape index (κ2) is 5.46. The van der Waals surface area contributed by atoms with Gasteiger partial charge in [-0.3, -0.25) is 14.6 Å². The van der Waals surface area contributed by atoms with Gasteiger partial charge in [0.25, 0.3) is 5.91 Å². The maximum absolute atomic E-state index is 13.4. The lowest BCUT2D eigenvalue weighted by Gasteiger charge is -2.36. The SMILES string of the molecule is Cc1nc2c(n1Cc1ccccc1)C(=O)N(C)C1=NC34CCCC3CCC4N12. The fraction of sp³-hybridized carbons (Fsp3) is 0.500. The Kier molecular flexibility index (Phi) is 3.19. The van der Waals surface area contributed by atoms with Crippen LogP contribution in [-0.4, -0.2) is 44.9 Å². The number of aromatic nitrogens is 2. The Balaban J connectivity index is 1.49. The normalized spacial score (nSPS) is 30.2. The van der Waals surface area contributed by atoms with Gasteiger partial charge >= 0.3 is 0 Å². The van der Waals surface area contributed by atoms with Crippen molar-refractivity contribution in [3.63, 3.8) is 0 Å². The second-order valence-electron chi connectivity index (χ2n) is 8.72. The average Bonchev–Trinajstić information content (AvgIpc) is 3.40. The van der Waals surface area contributed by atoms with Gasteiger partial charge in [0.05, 0.1) is 11.6 Å². The standard InChI is InChI=1S/C22H25N5O/c1-14-23-19-18(26(14)13-15-7-4-3-5-8-15)20(28)25(2)21-24-22-12-6-9-16(22)10-11-17(22)27(19)21/h3-5,7-8,16-17H,6,9-13H2,1-2H3. The molecule has 3 atom stereocenters. The zero-order valence-corrected chi connectivity index (χ0v) is 16.4. The number of aliphatic imine (C=N–C) groups is 1. The van der Waals surface area contributed by atoms with Crippen LogP contribution in [0.5, 0.6) is 0 Å². The lowest BCUT2D eigenvalue weighted by atomic mass is 9.88. The van der Waals surface area contributed by atoms with Crippen molar-refractivity contribution < 1.29 is 4.79 Å². The molecule has 1 aromatic carbocycles. The number of guanidine groups is 1. The van der Waals surface area contributed by atoms with Gasteiger partial charge in [-0.15, -0.1) is 0 Å². The molecule has 0 radical (unpaired) electrons. The van der Waals surface area contributed by atoms with E-state index in [2.05, 4.69) is 21.6 Å². The molecule has 28 heavy (non-hydrogen) atoms. The topological polar surface area (TPSA) is 53.7 Å². The summed E-state index contributed by atoms with van der Waals surface area (Å²) in [7, 11) is 1.87. The number of anilines is 1. The van der Waals surface area contributed by atoms with Crippen LogP contribution >= 0.6 is 0 Å². The zero-order chi connectivity index (χ0) is 19.0. The molecule has 1 spiro atoms. The Morgan fingerprint density at radius 2 is 2.00 bits per heavy atom. The monoisotopic (exact) mass is 375 g/mol. The molecule has 2 aliphatic heterocycles. The smallest absolute Gasteiger partial charge is 0.280 e. The van der Waals surface area contributed by atoms with E-state index in [0.29, 0.717) is 24.2 Å². The predicted molar refractivity (Wildman–Crippen MR) is 108 cm³/mol. The molecule has 2 fully saturated rings. The molecule has 0 bridgehead atoms. The van der Waals surface area contributed by atoms with Gasteiger partial charge in [0, 0.05) is 13.6 Å². The number of hydrogen-bond acceptors (Lipinski definition) is 4. The second-order valence-corrected chi connectivity index (χ2v) is 8.72. The summed E-state index contributed by atoms with van der Waals surface area (Å²) in [5, 5.41) is 0. The van der Waals surface area contributed by atoms with E-state index in [0.717, 1.165) is 30.4 Å². The molecule has 6 heteroatoms. The van der Waals surface area contributed by atoms with Crippen LogP contribution in [0.25, 0.3) is 0 Å². The van der Waals surface area contributed by atoms with E-state index in [1.54, 1.807) is 4.90 Å². The number of imidazole rings is 1.